The van der Waals surface area contributed by atoms with E-state index in [4.69, 9.17) is 5.73 Å². The quantitative estimate of drug-likeness (QED) is 0.628. The number of nitrogens with two attached hydrogens (primary N) is 1. The molecule has 0 radical (unpaired) electrons. The molecule has 7 heteroatoms. The molecule has 0 spiro atoms. The van der Waals surface area contributed by atoms with Gasteiger partial charge in [-0.05, 0) is 24.5 Å². The van der Waals surface area contributed by atoms with Crippen LogP contribution in [-0.2, 0) is 5.92 Å². The fourth-order valence-electron chi connectivity index (χ4n) is 1.95. The molecule has 1 nitrogen and oxygen atoms in total. The molecule has 0 bridgehead atoms. The molecule has 0 aliphatic carbocycles. The van der Waals surface area contributed by atoms with E-state index in [1.807, 2.05) is 0 Å². The predicted octanol–water partition coefficient (Wildman–Crippen LogP) is 4.49. The Morgan fingerprint density at radius 2 is 1.58 bits per heavy atom. The molecule has 0 atom stereocenters. The van der Waals surface area contributed by atoms with Gasteiger partial charge in [-0.25, -0.2) is 4.39 Å². The van der Waals surface area contributed by atoms with E-state index in [2.05, 4.69) is 0 Å². The smallest absolute Gasteiger partial charge is 0.396 e. The predicted molar refractivity (Wildman–Crippen MR) is 59.6 cm³/mol. The average Bonchev–Trinajstić information content (AvgIpc) is 2.20. The van der Waals surface area contributed by atoms with E-state index in [9.17, 15) is 26.3 Å². The van der Waals surface area contributed by atoms with Crippen LogP contribution in [0.25, 0.3) is 0 Å². The minimum Gasteiger partial charge on any atom is -0.396 e. The van der Waals surface area contributed by atoms with Gasteiger partial charge in [-0.1, -0.05) is 13.8 Å². The molecule has 0 amide bonds. The van der Waals surface area contributed by atoms with Crippen LogP contribution in [0.15, 0.2) is 6.07 Å². The summed E-state index contributed by atoms with van der Waals surface area (Å²) in [4.78, 5) is 0. The van der Waals surface area contributed by atoms with Crippen LogP contribution >= 0.6 is 0 Å². The van der Waals surface area contributed by atoms with Crippen molar-refractivity contribution in [2.45, 2.75) is 38.8 Å². The first-order valence-electron chi connectivity index (χ1n) is 5.44. The number of benzene rings is 1. The van der Waals surface area contributed by atoms with Crippen LogP contribution in [-0.4, -0.2) is 6.18 Å². The molecule has 1 aromatic rings. The molecule has 0 unspecified atom stereocenters. The first-order chi connectivity index (χ1) is 8.41. The Labute approximate surface area is 106 Å². The number of anilines is 1. The molecule has 2 N–H and O–H groups in total. The van der Waals surface area contributed by atoms with Gasteiger partial charge in [0.2, 0.25) is 0 Å². The molecule has 0 aliphatic rings. The molecule has 108 valence electrons. The van der Waals surface area contributed by atoms with Crippen molar-refractivity contribution < 1.29 is 26.3 Å². The fraction of sp³-hybridized carbons (Fsp3) is 0.500. The number of alkyl halides is 5. The zero-order valence-electron chi connectivity index (χ0n) is 10.5. The van der Waals surface area contributed by atoms with E-state index in [1.165, 1.54) is 13.8 Å². The Balaban J connectivity index is 3.74. The molecule has 0 aromatic heterocycles. The summed E-state index contributed by atoms with van der Waals surface area (Å²) in [7, 11) is 0. The molecule has 0 fully saturated rings. The van der Waals surface area contributed by atoms with Crippen molar-refractivity contribution in [3.63, 3.8) is 0 Å². The third-order valence-electron chi connectivity index (χ3n) is 2.77. The standard InChI is InChI=1S/C12H13F6N/c1-5(2)8-9(11(14,15)12(16,17)18)6(3)4-7(19)10(8)13/h4-5H,19H2,1-3H3. The van der Waals surface area contributed by atoms with E-state index in [0.29, 0.717) is 0 Å². The van der Waals surface area contributed by atoms with Crippen molar-refractivity contribution in [1.29, 1.82) is 0 Å². The van der Waals surface area contributed by atoms with Crippen molar-refractivity contribution in [3.8, 4) is 0 Å². The minimum atomic E-state index is -5.79. The number of nitrogen functional groups attached to an aromatic ring is 1. The van der Waals surface area contributed by atoms with E-state index in [1.54, 1.807) is 0 Å². The normalized spacial score (nSPS) is 13.2. The summed E-state index contributed by atoms with van der Waals surface area (Å²) in [5.41, 5.74) is 2.41. The largest absolute Gasteiger partial charge is 0.458 e. The summed E-state index contributed by atoms with van der Waals surface area (Å²) in [6.45, 7) is 3.71. The Morgan fingerprint density at radius 3 is 1.95 bits per heavy atom. The van der Waals surface area contributed by atoms with Gasteiger partial charge in [0.05, 0.1) is 5.69 Å². The van der Waals surface area contributed by atoms with Gasteiger partial charge in [0.15, 0.2) is 0 Å². The second-order valence-corrected chi connectivity index (χ2v) is 4.61. The Hall–Kier alpha value is -1.40. The number of hydrogen-bond acceptors (Lipinski definition) is 1. The molecule has 19 heavy (non-hydrogen) atoms. The van der Waals surface area contributed by atoms with Crippen LogP contribution in [0.5, 0.6) is 0 Å². The van der Waals surface area contributed by atoms with Crippen LogP contribution < -0.4 is 5.73 Å². The lowest BCUT2D eigenvalue weighted by atomic mass is 9.88. The number of aryl methyl sites for hydroxylation is 1. The van der Waals surface area contributed by atoms with Crippen molar-refractivity contribution in [3.05, 3.63) is 28.6 Å². The summed E-state index contributed by atoms with van der Waals surface area (Å²) in [5, 5.41) is 0. The lowest BCUT2D eigenvalue weighted by Crippen LogP contribution is -2.36. The second kappa shape index (κ2) is 4.61. The number of hydrogen-bond donors (Lipinski definition) is 1. The average molecular weight is 285 g/mol. The van der Waals surface area contributed by atoms with Gasteiger partial charge in [-0.2, -0.15) is 22.0 Å². The monoisotopic (exact) mass is 285 g/mol. The molecule has 0 heterocycles. The summed E-state index contributed by atoms with van der Waals surface area (Å²) in [5.74, 6) is -7.20. The lowest BCUT2D eigenvalue weighted by Gasteiger charge is -2.26. The number of rotatable bonds is 2. The summed E-state index contributed by atoms with van der Waals surface area (Å²) in [6, 6.07) is 0.788. The summed E-state index contributed by atoms with van der Waals surface area (Å²) in [6.07, 6.45) is -5.79. The van der Waals surface area contributed by atoms with E-state index < -0.39 is 40.6 Å². The first-order valence-corrected chi connectivity index (χ1v) is 5.44. The molecule has 1 rings (SSSR count). The fourth-order valence-corrected chi connectivity index (χ4v) is 1.95. The maximum absolute atomic E-state index is 13.8. The van der Waals surface area contributed by atoms with Crippen LogP contribution in [0.2, 0.25) is 0 Å². The van der Waals surface area contributed by atoms with Crippen LogP contribution in [0.4, 0.5) is 32.0 Å². The van der Waals surface area contributed by atoms with E-state index in [0.717, 1.165) is 13.0 Å². The van der Waals surface area contributed by atoms with Gasteiger partial charge < -0.3 is 5.73 Å². The van der Waals surface area contributed by atoms with Gasteiger partial charge in [0.1, 0.15) is 5.82 Å². The summed E-state index contributed by atoms with van der Waals surface area (Å²) < 4.78 is 78.2. The highest BCUT2D eigenvalue weighted by molar-refractivity contribution is 5.53. The third-order valence-corrected chi connectivity index (χ3v) is 2.77. The van der Waals surface area contributed by atoms with Gasteiger partial charge in [-0.3, -0.25) is 0 Å². The number of halogens is 6. The molecule has 0 aliphatic heterocycles. The van der Waals surface area contributed by atoms with Crippen molar-refractivity contribution >= 4 is 5.69 Å². The van der Waals surface area contributed by atoms with E-state index >= 15 is 0 Å². The highest BCUT2D eigenvalue weighted by Gasteiger charge is 2.60. The maximum Gasteiger partial charge on any atom is 0.458 e. The SMILES string of the molecule is Cc1cc(N)c(F)c(C(C)C)c1C(F)(F)C(F)(F)F. The highest BCUT2D eigenvalue weighted by Crippen LogP contribution is 2.48. The van der Waals surface area contributed by atoms with Gasteiger partial charge in [0.25, 0.3) is 0 Å². The van der Waals surface area contributed by atoms with Crippen molar-refractivity contribution in [2.75, 3.05) is 5.73 Å². The topological polar surface area (TPSA) is 26.0 Å². The zero-order valence-corrected chi connectivity index (χ0v) is 10.5. The molecule has 0 saturated carbocycles. The second-order valence-electron chi connectivity index (χ2n) is 4.61. The van der Waals surface area contributed by atoms with E-state index in [-0.39, 0.29) is 5.56 Å². The van der Waals surface area contributed by atoms with Crippen LogP contribution in [0, 0.1) is 12.7 Å². The zero-order chi connectivity index (χ0) is 15.2. The first kappa shape index (κ1) is 15.7. The molecular weight excluding hydrogens is 272 g/mol. The van der Waals surface area contributed by atoms with Crippen LogP contribution in [0.1, 0.15) is 36.5 Å². The maximum atomic E-state index is 13.8. The molecule has 1 aromatic carbocycles. The third kappa shape index (κ3) is 2.50. The lowest BCUT2D eigenvalue weighted by molar-refractivity contribution is -0.289. The molecule has 0 saturated heterocycles. The van der Waals surface area contributed by atoms with Gasteiger partial charge >= 0.3 is 12.1 Å². The minimum absolute atomic E-state index is 0.384. The summed E-state index contributed by atoms with van der Waals surface area (Å²) >= 11 is 0. The van der Waals surface area contributed by atoms with Crippen molar-refractivity contribution in [1.82, 2.24) is 0 Å². The highest BCUT2D eigenvalue weighted by atomic mass is 19.4. The van der Waals surface area contributed by atoms with Crippen LogP contribution in [0.3, 0.4) is 0 Å². The van der Waals surface area contributed by atoms with Crippen molar-refractivity contribution in [2.24, 2.45) is 0 Å². The Morgan fingerprint density at radius 1 is 1.11 bits per heavy atom. The Bertz CT molecular complexity index is 490. The van der Waals surface area contributed by atoms with Gasteiger partial charge in [-0.15, -0.1) is 0 Å². The molecular formula is C12H13F6N. The Kier molecular flexibility index (Phi) is 3.80. The van der Waals surface area contributed by atoms with Gasteiger partial charge in [0, 0.05) is 11.1 Å².